The Morgan fingerprint density at radius 3 is 2.74 bits per heavy atom. The van der Waals surface area contributed by atoms with Crippen molar-refractivity contribution in [3.05, 3.63) is 29.6 Å². The fourth-order valence-corrected chi connectivity index (χ4v) is 2.53. The molecule has 4 nitrogen and oxygen atoms in total. The predicted octanol–water partition coefficient (Wildman–Crippen LogP) is 2.44. The number of rotatable bonds is 3. The third kappa shape index (κ3) is 2.68. The van der Waals surface area contributed by atoms with Crippen molar-refractivity contribution in [2.45, 2.75) is 31.7 Å². The van der Waals surface area contributed by atoms with Crippen LogP contribution in [0.4, 0.5) is 4.39 Å². The lowest BCUT2D eigenvalue weighted by atomic mass is 10.1. The Labute approximate surface area is 111 Å². The monoisotopic (exact) mass is 262 g/mol. The van der Waals surface area contributed by atoms with Crippen molar-refractivity contribution < 1.29 is 14.3 Å². The maximum Gasteiger partial charge on any atom is 0.261 e. The first kappa shape index (κ1) is 13.3. The molecule has 2 rings (SSSR count). The number of benzene rings is 1. The van der Waals surface area contributed by atoms with Crippen molar-refractivity contribution in [3.63, 3.8) is 0 Å². The van der Waals surface area contributed by atoms with Crippen LogP contribution in [0.25, 0.3) is 0 Å². The second kappa shape index (κ2) is 5.70. The van der Waals surface area contributed by atoms with Gasteiger partial charge < -0.3 is 10.0 Å². The average Bonchev–Trinajstić information content (AvgIpc) is 2.89. The highest BCUT2D eigenvalue weighted by Crippen LogP contribution is 2.28. The summed E-state index contributed by atoms with van der Waals surface area (Å²) in [6.45, 7) is -0.0860. The Morgan fingerprint density at radius 1 is 1.47 bits per heavy atom. The number of aromatic hydroxyl groups is 1. The first-order valence-electron chi connectivity index (χ1n) is 6.30. The number of carbonyl (C=O) groups is 1. The standard InChI is InChI=1S/C14H15FN2O2/c15-11-6-3-7-12(18)13(11)14(19)17(9-8-16)10-4-1-2-5-10/h3,6-7,10,18H,1-2,4-5,9H2. The molecule has 0 saturated heterocycles. The molecule has 0 radical (unpaired) electrons. The number of halogens is 1. The van der Waals surface area contributed by atoms with Gasteiger partial charge in [-0.25, -0.2) is 4.39 Å². The normalized spacial score (nSPS) is 15.2. The van der Waals surface area contributed by atoms with Crippen molar-refractivity contribution in [1.29, 1.82) is 5.26 Å². The first-order chi connectivity index (χ1) is 9.15. The molecule has 0 aliphatic heterocycles. The van der Waals surface area contributed by atoms with Crippen LogP contribution in [0.2, 0.25) is 0 Å². The van der Waals surface area contributed by atoms with Crippen molar-refractivity contribution in [2.24, 2.45) is 0 Å². The first-order valence-corrected chi connectivity index (χ1v) is 6.30. The lowest BCUT2D eigenvalue weighted by molar-refractivity contribution is 0.0701. The molecule has 0 bridgehead atoms. The van der Waals surface area contributed by atoms with E-state index in [0.29, 0.717) is 0 Å². The molecule has 1 aromatic rings. The molecule has 1 N–H and O–H groups in total. The van der Waals surface area contributed by atoms with E-state index in [4.69, 9.17) is 5.26 Å². The molecule has 1 amide bonds. The second-order valence-corrected chi connectivity index (χ2v) is 4.66. The summed E-state index contributed by atoms with van der Waals surface area (Å²) >= 11 is 0. The van der Waals surface area contributed by atoms with E-state index in [2.05, 4.69) is 0 Å². The molecule has 0 unspecified atom stereocenters. The topological polar surface area (TPSA) is 64.3 Å². The van der Waals surface area contributed by atoms with Crippen molar-refractivity contribution in [1.82, 2.24) is 4.90 Å². The van der Waals surface area contributed by atoms with Gasteiger partial charge in [0.2, 0.25) is 0 Å². The minimum absolute atomic E-state index is 0.0360. The number of hydrogen-bond donors (Lipinski definition) is 1. The van der Waals surface area contributed by atoms with Crippen molar-refractivity contribution >= 4 is 5.91 Å². The SMILES string of the molecule is N#CCN(C(=O)c1c(O)cccc1F)C1CCCC1. The fourth-order valence-electron chi connectivity index (χ4n) is 2.53. The van der Waals surface area contributed by atoms with Crippen LogP contribution in [0, 0.1) is 17.1 Å². The zero-order chi connectivity index (χ0) is 13.8. The van der Waals surface area contributed by atoms with Crippen LogP contribution in [0.1, 0.15) is 36.0 Å². The average molecular weight is 262 g/mol. The maximum atomic E-state index is 13.7. The smallest absolute Gasteiger partial charge is 0.261 e. The summed E-state index contributed by atoms with van der Waals surface area (Å²) in [5, 5.41) is 18.5. The molecule has 5 heteroatoms. The van der Waals surface area contributed by atoms with Gasteiger partial charge >= 0.3 is 0 Å². The number of carbonyl (C=O) groups excluding carboxylic acids is 1. The number of nitriles is 1. The molecule has 1 aromatic carbocycles. The van der Waals surface area contributed by atoms with Gasteiger partial charge in [0.1, 0.15) is 23.7 Å². The Kier molecular flexibility index (Phi) is 4.00. The minimum Gasteiger partial charge on any atom is -0.507 e. The van der Waals surface area contributed by atoms with E-state index in [0.717, 1.165) is 31.7 Å². The molecular formula is C14H15FN2O2. The van der Waals surface area contributed by atoms with Crippen molar-refractivity contribution in [3.8, 4) is 11.8 Å². The van der Waals surface area contributed by atoms with Crippen LogP contribution < -0.4 is 0 Å². The van der Waals surface area contributed by atoms with E-state index in [1.54, 1.807) is 0 Å². The molecule has 1 aliphatic rings. The van der Waals surface area contributed by atoms with E-state index < -0.39 is 11.7 Å². The van der Waals surface area contributed by atoms with Gasteiger partial charge in [-0.1, -0.05) is 18.9 Å². The van der Waals surface area contributed by atoms with Crippen LogP contribution in [-0.2, 0) is 0 Å². The van der Waals surface area contributed by atoms with E-state index in [1.807, 2.05) is 6.07 Å². The molecule has 0 heterocycles. The number of hydrogen-bond acceptors (Lipinski definition) is 3. The number of phenols is 1. The summed E-state index contributed by atoms with van der Waals surface area (Å²) in [6.07, 6.45) is 3.65. The summed E-state index contributed by atoms with van der Waals surface area (Å²) < 4.78 is 13.7. The van der Waals surface area contributed by atoms with Crippen LogP contribution in [0.15, 0.2) is 18.2 Å². The van der Waals surface area contributed by atoms with Gasteiger partial charge in [0.05, 0.1) is 6.07 Å². The Balaban J connectivity index is 2.31. The van der Waals surface area contributed by atoms with Gasteiger partial charge in [0.15, 0.2) is 0 Å². The summed E-state index contributed by atoms with van der Waals surface area (Å²) in [5.41, 5.74) is -0.343. The highest BCUT2D eigenvalue weighted by Gasteiger charge is 2.30. The number of phenolic OH excluding ortho intramolecular Hbond substituents is 1. The van der Waals surface area contributed by atoms with Gasteiger partial charge in [-0.15, -0.1) is 0 Å². The third-order valence-corrected chi connectivity index (χ3v) is 3.47. The molecular weight excluding hydrogens is 247 g/mol. The molecule has 0 atom stereocenters. The lowest BCUT2D eigenvalue weighted by Crippen LogP contribution is -2.39. The minimum atomic E-state index is -0.758. The van der Waals surface area contributed by atoms with Gasteiger partial charge in [-0.3, -0.25) is 4.79 Å². The van der Waals surface area contributed by atoms with Crippen molar-refractivity contribution in [2.75, 3.05) is 6.54 Å². The van der Waals surface area contributed by atoms with E-state index >= 15 is 0 Å². The number of amides is 1. The Morgan fingerprint density at radius 2 is 2.16 bits per heavy atom. The third-order valence-electron chi connectivity index (χ3n) is 3.47. The maximum absolute atomic E-state index is 13.7. The van der Waals surface area contributed by atoms with Gasteiger partial charge in [0, 0.05) is 6.04 Å². The van der Waals surface area contributed by atoms with Crippen LogP contribution >= 0.6 is 0 Å². The van der Waals surface area contributed by atoms with Gasteiger partial charge in [0.25, 0.3) is 5.91 Å². The zero-order valence-electron chi connectivity index (χ0n) is 10.5. The second-order valence-electron chi connectivity index (χ2n) is 4.66. The van der Waals surface area contributed by atoms with Crippen LogP contribution in [0.5, 0.6) is 5.75 Å². The largest absolute Gasteiger partial charge is 0.507 e. The predicted molar refractivity (Wildman–Crippen MR) is 67.0 cm³/mol. The van der Waals surface area contributed by atoms with E-state index in [1.165, 1.54) is 17.0 Å². The quantitative estimate of drug-likeness (QED) is 0.851. The highest BCUT2D eigenvalue weighted by molar-refractivity contribution is 5.97. The lowest BCUT2D eigenvalue weighted by Gasteiger charge is -2.26. The summed E-state index contributed by atoms with van der Waals surface area (Å²) in [7, 11) is 0. The molecule has 0 spiro atoms. The van der Waals surface area contributed by atoms with Crippen LogP contribution in [-0.4, -0.2) is 28.5 Å². The molecule has 1 aliphatic carbocycles. The zero-order valence-corrected chi connectivity index (χ0v) is 10.5. The highest BCUT2D eigenvalue weighted by atomic mass is 19.1. The Bertz CT molecular complexity index is 498. The molecule has 1 saturated carbocycles. The molecule has 19 heavy (non-hydrogen) atoms. The van der Waals surface area contributed by atoms with Crippen LogP contribution in [0.3, 0.4) is 0 Å². The van der Waals surface area contributed by atoms with E-state index in [-0.39, 0.29) is 23.9 Å². The Hall–Kier alpha value is -2.09. The van der Waals surface area contributed by atoms with Gasteiger partial charge in [-0.2, -0.15) is 5.26 Å². The summed E-state index contributed by atoms with van der Waals surface area (Å²) in [5.74, 6) is -1.75. The van der Waals surface area contributed by atoms with Gasteiger partial charge in [-0.05, 0) is 25.0 Å². The fraction of sp³-hybridized carbons (Fsp3) is 0.429. The van der Waals surface area contributed by atoms with E-state index in [9.17, 15) is 14.3 Å². The summed E-state index contributed by atoms with van der Waals surface area (Å²) in [6, 6.07) is 5.64. The molecule has 0 aromatic heterocycles. The molecule has 1 fully saturated rings. The number of nitrogens with zero attached hydrogens (tertiary/aromatic N) is 2. The summed E-state index contributed by atoms with van der Waals surface area (Å²) in [4.78, 5) is 13.7. The molecule has 100 valence electrons.